The zero-order valence-electron chi connectivity index (χ0n) is 11.5. The Labute approximate surface area is 170 Å². The number of benzene rings is 2. The molecule has 118 valence electrons. The van der Waals surface area contributed by atoms with E-state index in [1.54, 1.807) is 12.1 Å². The van der Waals surface area contributed by atoms with E-state index in [1.807, 2.05) is 45.2 Å². The molecule has 23 heavy (non-hydrogen) atoms. The van der Waals surface area contributed by atoms with Gasteiger partial charge >= 0.3 is 5.97 Å². The van der Waals surface area contributed by atoms with E-state index in [0.29, 0.717) is 18.6 Å². The molecule has 0 amide bonds. The van der Waals surface area contributed by atoms with Gasteiger partial charge in [-0.2, -0.15) is 0 Å². The first kappa shape index (κ1) is 18.6. The van der Waals surface area contributed by atoms with Gasteiger partial charge in [0.05, 0.1) is 23.7 Å². The number of carbonyl (C=O) groups is 1. The smallest absolute Gasteiger partial charge is 0.348 e. The minimum absolute atomic E-state index is 0.0579. The molecular weight excluding hydrogens is 567 g/mol. The van der Waals surface area contributed by atoms with E-state index in [2.05, 4.69) is 4.85 Å². The number of halogens is 4. The molecule has 0 unspecified atom stereocenters. The largest absolute Gasteiger partial charge is 0.494 e. The molecule has 0 radical (unpaired) electrons. The van der Waals surface area contributed by atoms with Crippen LogP contribution in [0.3, 0.4) is 0 Å². The van der Waals surface area contributed by atoms with Gasteiger partial charge in [-0.15, -0.1) is 0 Å². The summed E-state index contributed by atoms with van der Waals surface area (Å²) in [7, 11) is 1.40. The Bertz CT molecular complexity index is 811. The third kappa shape index (κ3) is 4.02. The van der Waals surface area contributed by atoms with Crippen molar-refractivity contribution in [2.24, 2.45) is 0 Å². The molecule has 0 saturated carbocycles. The van der Waals surface area contributed by atoms with Gasteiger partial charge in [-0.05, 0) is 69.4 Å². The van der Waals surface area contributed by atoms with Crippen LogP contribution in [0.4, 0.5) is 5.69 Å². The Morgan fingerprint density at radius 2 is 1.70 bits per heavy atom. The molecular formula is C15H7Cl2I2NO3. The standard InChI is InChI=1S/C15H7Cl2I2NO3/c1-20-7-5-10(18)14(11(19)6-7)23-15(21)12-8(16)3-4-9(17)13(12)22-2/h3-6H,2H3. The van der Waals surface area contributed by atoms with E-state index in [4.69, 9.17) is 39.2 Å². The summed E-state index contributed by atoms with van der Waals surface area (Å²) in [6, 6.07) is 6.31. The molecule has 0 N–H and O–H groups in total. The molecule has 8 heteroatoms. The fraction of sp³-hybridized carbons (Fsp3) is 0.0667. The minimum Gasteiger partial charge on any atom is -0.494 e. The van der Waals surface area contributed by atoms with E-state index < -0.39 is 5.97 Å². The van der Waals surface area contributed by atoms with Gasteiger partial charge in [0, 0.05) is 7.14 Å². The molecule has 0 bridgehead atoms. The molecule has 0 saturated heterocycles. The van der Waals surface area contributed by atoms with Crippen LogP contribution >= 0.6 is 68.4 Å². The number of ether oxygens (including phenoxy) is 2. The summed E-state index contributed by atoms with van der Waals surface area (Å²) in [6.45, 7) is 7.05. The maximum Gasteiger partial charge on any atom is 0.348 e. The Hall–Kier alpha value is -0.760. The van der Waals surface area contributed by atoms with Gasteiger partial charge in [0.1, 0.15) is 5.56 Å². The van der Waals surface area contributed by atoms with Crippen LogP contribution in [0.5, 0.6) is 11.5 Å². The van der Waals surface area contributed by atoms with E-state index in [-0.39, 0.29) is 21.4 Å². The van der Waals surface area contributed by atoms with Crippen molar-refractivity contribution < 1.29 is 14.3 Å². The average molecular weight is 574 g/mol. The molecule has 0 aliphatic carbocycles. The lowest BCUT2D eigenvalue weighted by Gasteiger charge is -2.13. The van der Waals surface area contributed by atoms with Crippen molar-refractivity contribution in [1.29, 1.82) is 0 Å². The normalized spacial score (nSPS) is 10.1. The first-order valence-electron chi connectivity index (χ1n) is 5.99. The Kier molecular flexibility index (Phi) is 6.36. The highest BCUT2D eigenvalue weighted by Crippen LogP contribution is 2.37. The number of carbonyl (C=O) groups excluding carboxylic acids is 1. The van der Waals surface area contributed by atoms with Crippen molar-refractivity contribution in [1.82, 2.24) is 0 Å². The van der Waals surface area contributed by atoms with E-state index in [9.17, 15) is 4.79 Å². The van der Waals surface area contributed by atoms with E-state index in [1.165, 1.54) is 19.2 Å². The predicted octanol–water partition coefficient (Wildman–Crippen LogP) is 5.98. The SMILES string of the molecule is [C-]#[N+]c1cc(I)c(OC(=O)c2c(Cl)ccc(Cl)c2OC)c(I)c1. The summed E-state index contributed by atoms with van der Waals surface area (Å²) in [5, 5.41) is 0.440. The van der Waals surface area contributed by atoms with Gasteiger partial charge in [0.25, 0.3) is 0 Å². The third-order valence-corrected chi connectivity index (χ3v) is 4.99. The van der Waals surface area contributed by atoms with Crippen LogP contribution in [0.25, 0.3) is 4.85 Å². The topological polar surface area (TPSA) is 39.9 Å². The van der Waals surface area contributed by atoms with E-state index >= 15 is 0 Å². The highest BCUT2D eigenvalue weighted by Gasteiger charge is 2.23. The summed E-state index contributed by atoms with van der Waals surface area (Å²) >= 11 is 16.1. The van der Waals surface area contributed by atoms with Crippen molar-refractivity contribution in [3.8, 4) is 11.5 Å². The summed E-state index contributed by atoms with van der Waals surface area (Å²) in [4.78, 5) is 15.9. The Morgan fingerprint density at radius 3 is 2.22 bits per heavy atom. The highest BCUT2D eigenvalue weighted by atomic mass is 127. The number of nitrogens with zero attached hydrogens (tertiary/aromatic N) is 1. The first-order chi connectivity index (χ1) is 10.9. The van der Waals surface area contributed by atoms with Gasteiger partial charge < -0.3 is 9.47 Å². The zero-order chi connectivity index (χ0) is 17.1. The predicted molar refractivity (Wildman–Crippen MR) is 106 cm³/mol. The lowest BCUT2D eigenvalue weighted by molar-refractivity contribution is 0.0729. The van der Waals surface area contributed by atoms with Crippen molar-refractivity contribution >= 4 is 80.0 Å². The highest BCUT2D eigenvalue weighted by molar-refractivity contribution is 14.1. The maximum absolute atomic E-state index is 12.5. The van der Waals surface area contributed by atoms with Crippen molar-refractivity contribution in [2.45, 2.75) is 0 Å². The number of hydrogen-bond acceptors (Lipinski definition) is 3. The fourth-order valence-electron chi connectivity index (χ4n) is 1.78. The summed E-state index contributed by atoms with van der Waals surface area (Å²) in [5.74, 6) is -0.158. The van der Waals surface area contributed by atoms with Gasteiger partial charge in [-0.25, -0.2) is 9.64 Å². The second kappa shape index (κ2) is 7.88. The molecule has 2 aromatic carbocycles. The van der Waals surface area contributed by atoms with Crippen LogP contribution < -0.4 is 9.47 Å². The number of rotatable bonds is 3. The number of methoxy groups -OCH3 is 1. The minimum atomic E-state index is -0.680. The molecule has 4 nitrogen and oxygen atoms in total. The second-order valence-corrected chi connectivity index (χ2v) is 7.32. The molecule has 0 spiro atoms. The van der Waals surface area contributed by atoms with Gasteiger partial charge in [0.2, 0.25) is 0 Å². The molecule has 2 aromatic rings. The second-order valence-electron chi connectivity index (χ2n) is 4.18. The monoisotopic (exact) mass is 573 g/mol. The lowest BCUT2D eigenvalue weighted by atomic mass is 10.2. The summed E-state index contributed by atoms with van der Waals surface area (Å²) < 4.78 is 11.9. The average Bonchev–Trinajstić information content (AvgIpc) is 2.52. The van der Waals surface area contributed by atoms with Crippen LogP contribution in [0.2, 0.25) is 10.0 Å². The lowest BCUT2D eigenvalue weighted by Crippen LogP contribution is -2.12. The van der Waals surface area contributed by atoms with Crippen LogP contribution in [0.1, 0.15) is 10.4 Å². The van der Waals surface area contributed by atoms with E-state index in [0.717, 1.165) is 0 Å². The van der Waals surface area contributed by atoms with Crippen LogP contribution in [0.15, 0.2) is 24.3 Å². The van der Waals surface area contributed by atoms with Gasteiger partial charge in [-0.1, -0.05) is 23.2 Å². The van der Waals surface area contributed by atoms with Crippen LogP contribution in [0, 0.1) is 13.7 Å². The van der Waals surface area contributed by atoms with Crippen molar-refractivity contribution in [3.05, 3.63) is 58.4 Å². The molecule has 0 aliphatic heterocycles. The van der Waals surface area contributed by atoms with Crippen molar-refractivity contribution in [3.63, 3.8) is 0 Å². The summed E-state index contributed by atoms with van der Waals surface area (Å²) in [6.07, 6.45) is 0. The van der Waals surface area contributed by atoms with Crippen molar-refractivity contribution in [2.75, 3.05) is 7.11 Å². The molecule has 0 heterocycles. The Morgan fingerprint density at radius 1 is 1.13 bits per heavy atom. The molecule has 0 fully saturated rings. The fourth-order valence-corrected chi connectivity index (χ4v) is 4.19. The molecule has 0 aliphatic rings. The third-order valence-electron chi connectivity index (χ3n) is 2.77. The first-order valence-corrected chi connectivity index (χ1v) is 8.91. The quantitative estimate of drug-likeness (QED) is 0.196. The maximum atomic E-state index is 12.5. The van der Waals surface area contributed by atoms with Crippen LogP contribution in [-0.4, -0.2) is 13.1 Å². The van der Waals surface area contributed by atoms with Crippen LogP contribution in [-0.2, 0) is 0 Å². The summed E-state index contributed by atoms with van der Waals surface area (Å²) in [5.41, 5.74) is 0.527. The Balaban J connectivity index is 2.46. The molecule has 0 atom stereocenters. The zero-order valence-corrected chi connectivity index (χ0v) is 17.3. The van der Waals surface area contributed by atoms with Gasteiger partial charge in [0.15, 0.2) is 17.2 Å². The number of hydrogen-bond donors (Lipinski definition) is 0. The number of esters is 1. The molecule has 0 aromatic heterocycles. The molecule has 2 rings (SSSR count). The van der Waals surface area contributed by atoms with Gasteiger partial charge in [-0.3, -0.25) is 0 Å².